The molecule has 3 aliphatic heterocycles. The number of hydrogen-bond acceptors (Lipinski definition) is 4. The van der Waals surface area contributed by atoms with Gasteiger partial charge in [-0.3, -0.25) is 4.79 Å². The first kappa shape index (κ1) is 24.3. The van der Waals surface area contributed by atoms with E-state index in [1.165, 1.54) is 4.31 Å². The van der Waals surface area contributed by atoms with Gasteiger partial charge in [0.15, 0.2) is 11.6 Å². The number of piperidine rings is 1. The number of hydrogen-bond donors (Lipinski definition) is 1. The quantitative estimate of drug-likeness (QED) is 0.610. The van der Waals surface area contributed by atoms with Crippen molar-refractivity contribution in [3.63, 3.8) is 0 Å². The predicted molar refractivity (Wildman–Crippen MR) is 124 cm³/mol. The van der Waals surface area contributed by atoms with Crippen LogP contribution in [0.5, 0.6) is 0 Å². The molecule has 2 fully saturated rings. The highest BCUT2D eigenvalue weighted by Gasteiger charge is 2.46. The fraction of sp³-hybridized carbons (Fsp3) is 0.480. The Morgan fingerprint density at radius 3 is 2.14 bits per heavy atom. The van der Waals surface area contributed by atoms with E-state index in [0.29, 0.717) is 18.9 Å². The molecule has 0 aromatic heterocycles. The number of benzene rings is 2. The Bertz CT molecular complexity index is 1220. The third kappa shape index (κ3) is 4.71. The third-order valence-electron chi connectivity index (χ3n) is 7.72. The lowest BCUT2D eigenvalue weighted by atomic mass is 9.82. The number of rotatable bonds is 6. The van der Waals surface area contributed by atoms with E-state index in [9.17, 15) is 26.4 Å². The van der Waals surface area contributed by atoms with E-state index < -0.39 is 45.2 Å². The second-order valence-electron chi connectivity index (χ2n) is 9.94. The monoisotopic (exact) mass is 507 g/mol. The van der Waals surface area contributed by atoms with Gasteiger partial charge < -0.3 is 10.6 Å². The van der Waals surface area contributed by atoms with Crippen LogP contribution in [-0.2, 0) is 34.3 Å². The minimum Gasteiger partial charge on any atom is -0.336 e. The summed E-state index contributed by atoms with van der Waals surface area (Å²) in [7, 11) is -3.77. The van der Waals surface area contributed by atoms with Crippen LogP contribution in [-0.4, -0.2) is 47.4 Å². The number of sulfonamides is 1. The second kappa shape index (κ2) is 9.22. The van der Waals surface area contributed by atoms with Crippen LogP contribution in [0.3, 0.4) is 0 Å². The fourth-order valence-electron chi connectivity index (χ4n) is 5.94. The maximum absolute atomic E-state index is 14.1. The zero-order valence-corrected chi connectivity index (χ0v) is 20.0. The number of halogens is 3. The largest absolute Gasteiger partial charge is 0.336 e. The van der Waals surface area contributed by atoms with Crippen molar-refractivity contribution < 1.29 is 26.4 Å². The number of carbonyl (C=O) groups excluding carboxylic acids is 1. The Morgan fingerprint density at radius 2 is 1.54 bits per heavy atom. The number of amides is 1. The van der Waals surface area contributed by atoms with Gasteiger partial charge in [-0.1, -0.05) is 24.3 Å². The van der Waals surface area contributed by atoms with E-state index in [-0.39, 0.29) is 43.1 Å². The van der Waals surface area contributed by atoms with Gasteiger partial charge in [-0.25, -0.2) is 21.6 Å². The lowest BCUT2D eigenvalue weighted by Gasteiger charge is -2.41. The standard InChI is InChI=1S/C25H28F3N3O3S/c26-21-11-23(28)22(27)9-17(21)10-24(29)18-7-19-5-6-20(8-18)31(19)25(32)14-35(33,34)30-12-15-3-1-2-4-16(15)13-30/h1-4,9,11,18-20,24H,5-8,10,12-14,29H2/t18?,19?,20?,24-/m1/s1. The molecule has 3 heterocycles. The number of nitrogens with two attached hydrogens (primary N) is 1. The molecule has 2 unspecified atom stereocenters. The Morgan fingerprint density at radius 1 is 0.971 bits per heavy atom. The molecular formula is C25H28F3N3O3S. The maximum atomic E-state index is 14.1. The van der Waals surface area contributed by atoms with Crippen molar-refractivity contribution in [3.8, 4) is 0 Å². The van der Waals surface area contributed by atoms with Crippen molar-refractivity contribution in [2.75, 3.05) is 5.75 Å². The first-order chi connectivity index (χ1) is 16.6. The maximum Gasteiger partial charge on any atom is 0.239 e. The van der Waals surface area contributed by atoms with Crippen molar-refractivity contribution >= 4 is 15.9 Å². The highest BCUT2D eigenvalue weighted by Crippen LogP contribution is 2.40. The van der Waals surface area contributed by atoms with E-state index >= 15 is 0 Å². The summed E-state index contributed by atoms with van der Waals surface area (Å²) in [6.45, 7) is 0.548. The average Bonchev–Trinajstić information content (AvgIpc) is 3.36. The molecule has 0 spiro atoms. The van der Waals surface area contributed by atoms with Gasteiger partial charge in [0, 0.05) is 37.3 Å². The second-order valence-corrected chi connectivity index (χ2v) is 11.9. The average molecular weight is 508 g/mol. The summed E-state index contributed by atoms with van der Waals surface area (Å²) in [5.41, 5.74) is 8.29. The first-order valence-electron chi connectivity index (χ1n) is 11.9. The summed E-state index contributed by atoms with van der Waals surface area (Å²) in [6, 6.07) is 8.17. The smallest absolute Gasteiger partial charge is 0.239 e. The Balaban J connectivity index is 1.22. The van der Waals surface area contributed by atoms with Crippen LogP contribution < -0.4 is 5.73 Å². The molecule has 2 aromatic rings. The summed E-state index contributed by atoms with van der Waals surface area (Å²) >= 11 is 0. The predicted octanol–water partition coefficient (Wildman–Crippen LogP) is 3.09. The zero-order valence-electron chi connectivity index (χ0n) is 19.2. The molecule has 5 rings (SSSR count). The van der Waals surface area contributed by atoms with Crippen LogP contribution in [0.25, 0.3) is 0 Å². The van der Waals surface area contributed by atoms with Gasteiger partial charge in [-0.2, -0.15) is 4.31 Å². The summed E-state index contributed by atoms with van der Waals surface area (Å²) in [5.74, 6) is -4.18. The molecule has 10 heteroatoms. The molecule has 3 atom stereocenters. The molecule has 2 aromatic carbocycles. The molecule has 1 amide bonds. The van der Waals surface area contributed by atoms with Gasteiger partial charge in [-0.05, 0) is 60.8 Å². The third-order valence-corrected chi connectivity index (χ3v) is 9.38. The summed E-state index contributed by atoms with van der Waals surface area (Å²) in [4.78, 5) is 14.9. The van der Waals surface area contributed by atoms with Crippen LogP contribution in [0.1, 0.15) is 42.4 Å². The van der Waals surface area contributed by atoms with Crippen LogP contribution in [0.4, 0.5) is 13.2 Å². The minimum atomic E-state index is -3.77. The van der Waals surface area contributed by atoms with Crippen LogP contribution in [0, 0.1) is 23.4 Å². The van der Waals surface area contributed by atoms with Crippen LogP contribution >= 0.6 is 0 Å². The molecule has 2 saturated heterocycles. The number of fused-ring (bicyclic) bond motifs is 3. The Hall–Kier alpha value is -2.43. The van der Waals surface area contributed by atoms with Crippen molar-refractivity contribution in [1.29, 1.82) is 0 Å². The SMILES string of the molecule is N[C@H](Cc1cc(F)c(F)cc1F)C1CC2CCC(C1)N2C(=O)CS(=O)(=O)N1Cc2ccccc2C1. The van der Waals surface area contributed by atoms with Crippen LogP contribution in [0.2, 0.25) is 0 Å². The molecule has 3 aliphatic rings. The summed E-state index contributed by atoms with van der Waals surface area (Å²) in [5, 5.41) is 0. The molecule has 0 radical (unpaired) electrons. The highest BCUT2D eigenvalue weighted by molar-refractivity contribution is 7.89. The minimum absolute atomic E-state index is 0.0277. The lowest BCUT2D eigenvalue weighted by molar-refractivity contribution is -0.133. The van der Waals surface area contributed by atoms with E-state index in [4.69, 9.17) is 5.73 Å². The van der Waals surface area contributed by atoms with E-state index in [1.807, 2.05) is 24.3 Å². The molecule has 35 heavy (non-hydrogen) atoms. The van der Waals surface area contributed by atoms with E-state index in [0.717, 1.165) is 30.0 Å². The van der Waals surface area contributed by atoms with Gasteiger partial charge in [0.1, 0.15) is 11.6 Å². The molecule has 6 nitrogen and oxygen atoms in total. The summed E-state index contributed by atoms with van der Waals surface area (Å²) in [6.07, 6.45) is 2.72. The van der Waals surface area contributed by atoms with Gasteiger partial charge in [-0.15, -0.1) is 0 Å². The molecule has 0 aliphatic carbocycles. The fourth-order valence-corrected chi connectivity index (χ4v) is 7.25. The van der Waals surface area contributed by atoms with Crippen LogP contribution in [0.15, 0.2) is 36.4 Å². The van der Waals surface area contributed by atoms with Crippen molar-refractivity contribution in [1.82, 2.24) is 9.21 Å². The van der Waals surface area contributed by atoms with Gasteiger partial charge in [0.2, 0.25) is 15.9 Å². The molecule has 0 saturated carbocycles. The molecule has 2 bridgehead atoms. The van der Waals surface area contributed by atoms with Gasteiger partial charge in [0.05, 0.1) is 0 Å². The van der Waals surface area contributed by atoms with E-state index in [2.05, 4.69) is 0 Å². The summed E-state index contributed by atoms with van der Waals surface area (Å²) < 4.78 is 68.3. The highest BCUT2D eigenvalue weighted by atomic mass is 32.2. The van der Waals surface area contributed by atoms with Gasteiger partial charge in [0.25, 0.3) is 0 Å². The molecular weight excluding hydrogens is 479 g/mol. The van der Waals surface area contributed by atoms with Crippen molar-refractivity contribution in [2.45, 2.75) is 63.3 Å². The molecule has 2 N–H and O–H groups in total. The number of nitrogens with zero attached hydrogens (tertiary/aromatic N) is 2. The Kier molecular flexibility index (Phi) is 6.39. The van der Waals surface area contributed by atoms with Crippen molar-refractivity contribution in [2.24, 2.45) is 11.7 Å². The van der Waals surface area contributed by atoms with Crippen molar-refractivity contribution in [3.05, 3.63) is 70.5 Å². The Labute approximate surface area is 202 Å². The topological polar surface area (TPSA) is 83.7 Å². The normalized spacial score (nSPS) is 25.0. The first-order valence-corrected chi connectivity index (χ1v) is 13.5. The van der Waals surface area contributed by atoms with Gasteiger partial charge >= 0.3 is 0 Å². The zero-order chi connectivity index (χ0) is 24.9. The number of carbonyl (C=O) groups is 1. The molecule has 188 valence electrons. The van der Waals surface area contributed by atoms with E-state index in [1.54, 1.807) is 4.90 Å². The lowest BCUT2D eigenvalue weighted by Crippen LogP contribution is -2.52.